The first-order chi connectivity index (χ1) is 6.84. The normalized spacial score (nSPS) is 13.4. The fourth-order valence-corrected chi connectivity index (χ4v) is 0.861. The maximum atomic E-state index is 4.14. The van der Waals surface area contributed by atoms with Crippen molar-refractivity contribution in [2.45, 2.75) is 33.6 Å². The van der Waals surface area contributed by atoms with E-state index in [9.17, 15) is 0 Å². The van der Waals surface area contributed by atoms with Gasteiger partial charge in [-0.15, -0.1) is 0 Å². The Bertz CT molecular complexity index is 326. The summed E-state index contributed by atoms with van der Waals surface area (Å²) in [5, 5.41) is 0. The number of rotatable bonds is 0. The second-order valence-corrected chi connectivity index (χ2v) is 3.09. The van der Waals surface area contributed by atoms with E-state index < -0.39 is 0 Å². The highest BCUT2D eigenvalue weighted by Crippen LogP contribution is 2.27. The standard InChI is InChI=1S/C10H10N2.C2H6/c1-8-6-12-10(7-11-8)5-4-9-2-3-9;1-2/h6-7,9H,2-3H2,1H3;1-2H3. The lowest BCUT2D eigenvalue weighted by molar-refractivity contribution is 1.10. The summed E-state index contributed by atoms with van der Waals surface area (Å²) in [5.74, 6) is 6.78. The van der Waals surface area contributed by atoms with Crippen LogP contribution in [0.3, 0.4) is 0 Å². The molecule has 2 nitrogen and oxygen atoms in total. The van der Waals surface area contributed by atoms with Crippen molar-refractivity contribution in [3.05, 3.63) is 23.8 Å². The third-order valence-electron chi connectivity index (χ3n) is 1.76. The van der Waals surface area contributed by atoms with Crippen molar-refractivity contribution in [1.29, 1.82) is 0 Å². The van der Waals surface area contributed by atoms with Crippen LogP contribution in [0.1, 0.15) is 38.1 Å². The van der Waals surface area contributed by atoms with E-state index in [0.717, 1.165) is 11.4 Å². The van der Waals surface area contributed by atoms with Gasteiger partial charge < -0.3 is 0 Å². The molecule has 1 saturated carbocycles. The van der Waals surface area contributed by atoms with Gasteiger partial charge in [-0.3, -0.25) is 4.98 Å². The van der Waals surface area contributed by atoms with Crippen LogP contribution in [0.5, 0.6) is 0 Å². The Balaban J connectivity index is 0.000000461. The van der Waals surface area contributed by atoms with Gasteiger partial charge in [0.2, 0.25) is 0 Å². The largest absolute Gasteiger partial charge is 0.257 e. The Morgan fingerprint density at radius 2 is 1.93 bits per heavy atom. The molecule has 0 radical (unpaired) electrons. The van der Waals surface area contributed by atoms with E-state index in [4.69, 9.17) is 0 Å². The number of hydrogen-bond donors (Lipinski definition) is 0. The van der Waals surface area contributed by atoms with E-state index >= 15 is 0 Å². The zero-order chi connectivity index (χ0) is 10.4. The number of aryl methyl sites for hydroxylation is 1. The fourth-order valence-electron chi connectivity index (χ4n) is 0.861. The highest BCUT2D eigenvalue weighted by atomic mass is 14.8. The van der Waals surface area contributed by atoms with Crippen LogP contribution in [0.25, 0.3) is 0 Å². The lowest BCUT2D eigenvalue weighted by atomic mass is 10.3. The lowest BCUT2D eigenvalue weighted by Crippen LogP contribution is -1.86. The van der Waals surface area contributed by atoms with Crippen LogP contribution in [-0.2, 0) is 0 Å². The summed E-state index contributed by atoms with van der Waals surface area (Å²) in [4.78, 5) is 8.25. The summed E-state index contributed by atoms with van der Waals surface area (Å²) in [5.41, 5.74) is 1.72. The molecule has 1 aliphatic rings. The molecule has 2 rings (SSSR count). The molecule has 0 bridgehead atoms. The minimum atomic E-state index is 0.633. The van der Waals surface area contributed by atoms with Crippen molar-refractivity contribution >= 4 is 0 Å². The fraction of sp³-hybridized carbons (Fsp3) is 0.500. The summed E-state index contributed by atoms with van der Waals surface area (Å²) in [6.07, 6.45) is 5.99. The molecule has 1 fully saturated rings. The Labute approximate surface area is 85.8 Å². The monoisotopic (exact) mass is 188 g/mol. The van der Waals surface area contributed by atoms with E-state index in [1.807, 2.05) is 20.8 Å². The van der Waals surface area contributed by atoms with Gasteiger partial charge in [-0.1, -0.05) is 19.8 Å². The molecule has 1 aromatic heterocycles. The minimum Gasteiger partial charge on any atom is -0.257 e. The number of nitrogens with zero attached hydrogens (tertiary/aromatic N) is 2. The summed E-state index contributed by atoms with van der Waals surface area (Å²) in [7, 11) is 0. The summed E-state index contributed by atoms with van der Waals surface area (Å²) in [6, 6.07) is 0. The first-order valence-corrected chi connectivity index (χ1v) is 5.15. The maximum Gasteiger partial charge on any atom is 0.131 e. The number of aromatic nitrogens is 2. The molecular formula is C12H16N2. The highest BCUT2D eigenvalue weighted by Gasteiger charge is 2.17. The molecule has 0 aromatic carbocycles. The highest BCUT2D eigenvalue weighted by molar-refractivity contribution is 5.27. The molecule has 0 unspecified atom stereocenters. The lowest BCUT2D eigenvalue weighted by Gasteiger charge is -1.89. The minimum absolute atomic E-state index is 0.633. The maximum absolute atomic E-state index is 4.14. The zero-order valence-corrected chi connectivity index (χ0v) is 9.04. The predicted octanol–water partition coefficient (Wildman–Crippen LogP) is 2.57. The molecule has 0 saturated heterocycles. The summed E-state index contributed by atoms with van der Waals surface area (Å²) < 4.78 is 0. The van der Waals surface area contributed by atoms with Crippen molar-refractivity contribution in [1.82, 2.24) is 9.97 Å². The van der Waals surface area contributed by atoms with Gasteiger partial charge in [-0.25, -0.2) is 4.98 Å². The van der Waals surface area contributed by atoms with Gasteiger partial charge in [-0.2, -0.15) is 0 Å². The molecule has 1 aliphatic carbocycles. The van der Waals surface area contributed by atoms with E-state index in [0.29, 0.717) is 5.92 Å². The summed E-state index contributed by atoms with van der Waals surface area (Å²) in [6.45, 7) is 5.92. The smallest absolute Gasteiger partial charge is 0.131 e. The Hall–Kier alpha value is -1.36. The average Bonchev–Trinajstić information content (AvgIpc) is 3.04. The SMILES string of the molecule is CC.Cc1cnc(C#CC2CC2)cn1. The van der Waals surface area contributed by atoms with Crippen LogP contribution in [0.15, 0.2) is 12.4 Å². The second kappa shape index (κ2) is 5.39. The molecule has 0 N–H and O–H groups in total. The first kappa shape index (κ1) is 10.7. The number of hydrogen-bond acceptors (Lipinski definition) is 2. The van der Waals surface area contributed by atoms with Gasteiger partial charge in [0.25, 0.3) is 0 Å². The quantitative estimate of drug-likeness (QED) is 0.585. The third kappa shape index (κ3) is 3.57. The van der Waals surface area contributed by atoms with Gasteiger partial charge in [0.1, 0.15) is 5.69 Å². The van der Waals surface area contributed by atoms with Gasteiger partial charge >= 0.3 is 0 Å². The van der Waals surface area contributed by atoms with Crippen LogP contribution >= 0.6 is 0 Å². The first-order valence-electron chi connectivity index (χ1n) is 5.15. The van der Waals surface area contributed by atoms with E-state index in [1.54, 1.807) is 12.4 Å². The van der Waals surface area contributed by atoms with Crippen molar-refractivity contribution in [3.8, 4) is 11.8 Å². The molecule has 74 valence electrons. The van der Waals surface area contributed by atoms with Crippen LogP contribution in [0.2, 0.25) is 0 Å². The topological polar surface area (TPSA) is 25.8 Å². The molecule has 0 amide bonds. The van der Waals surface area contributed by atoms with E-state index in [-0.39, 0.29) is 0 Å². The third-order valence-corrected chi connectivity index (χ3v) is 1.76. The van der Waals surface area contributed by atoms with Crippen LogP contribution in [0, 0.1) is 24.7 Å². The van der Waals surface area contributed by atoms with Crippen LogP contribution < -0.4 is 0 Å². The second-order valence-electron chi connectivity index (χ2n) is 3.09. The van der Waals surface area contributed by atoms with Gasteiger partial charge in [-0.05, 0) is 25.7 Å². The van der Waals surface area contributed by atoms with Crippen molar-refractivity contribution < 1.29 is 0 Å². The molecule has 1 heterocycles. The Morgan fingerprint density at radius 3 is 2.43 bits per heavy atom. The molecule has 2 heteroatoms. The zero-order valence-electron chi connectivity index (χ0n) is 9.04. The van der Waals surface area contributed by atoms with E-state index in [1.165, 1.54) is 12.8 Å². The molecule has 0 atom stereocenters. The Morgan fingerprint density at radius 1 is 1.21 bits per heavy atom. The molecule has 0 spiro atoms. The predicted molar refractivity (Wildman–Crippen MR) is 57.7 cm³/mol. The molecule has 14 heavy (non-hydrogen) atoms. The van der Waals surface area contributed by atoms with Crippen LogP contribution in [-0.4, -0.2) is 9.97 Å². The van der Waals surface area contributed by atoms with Gasteiger partial charge in [0.15, 0.2) is 0 Å². The molecule has 0 aliphatic heterocycles. The molecular weight excluding hydrogens is 172 g/mol. The Kier molecular flexibility index (Phi) is 4.12. The van der Waals surface area contributed by atoms with Crippen molar-refractivity contribution in [2.24, 2.45) is 5.92 Å². The van der Waals surface area contributed by atoms with Crippen molar-refractivity contribution in [3.63, 3.8) is 0 Å². The van der Waals surface area contributed by atoms with Crippen molar-refractivity contribution in [2.75, 3.05) is 0 Å². The van der Waals surface area contributed by atoms with Gasteiger partial charge in [0, 0.05) is 12.1 Å². The average molecular weight is 188 g/mol. The van der Waals surface area contributed by atoms with Crippen LogP contribution in [0.4, 0.5) is 0 Å². The molecule has 1 aromatic rings. The summed E-state index contributed by atoms with van der Waals surface area (Å²) >= 11 is 0. The van der Waals surface area contributed by atoms with Gasteiger partial charge in [0.05, 0.1) is 11.9 Å². The van der Waals surface area contributed by atoms with E-state index in [2.05, 4.69) is 21.8 Å².